The molecule has 59 valence electrons. The van der Waals surface area contributed by atoms with Crippen LogP contribution < -0.4 is 0 Å². The molecule has 0 N–H and O–H groups in total. The average molecular weight is 195 g/mol. The zero-order valence-corrected chi connectivity index (χ0v) is 8.20. The standard InChI is InChI=1S/C6H11OS3/c7-3-1-2-6-9-4-8-5-10-6/h6H,1-5H2. The highest BCUT2D eigenvalue weighted by molar-refractivity contribution is 8.32. The third-order valence-electron chi connectivity index (χ3n) is 1.26. The van der Waals surface area contributed by atoms with Crippen molar-refractivity contribution in [1.82, 2.24) is 0 Å². The molecule has 0 saturated carbocycles. The summed E-state index contributed by atoms with van der Waals surface area (Å²) in [6.45, 7) is 0.102. The molecule has 1 fully saturated rings. The van der Waals surface area contributed by atoms with Crippen LogP contribution in [-0.2, 0) is 5.11 Å². The van der Waals surface area contributed by atoms with Gasteiger partial charge in [0.1, 0.15) is 0 Å². The Morgan fingerprint density at radius 3 is 2.60 bits per heavy atom. The maximum Gasteiger partial charge on any atom is 0.0823 e. The Hall–Kier alpha value is 1.01. The lowest BCUT2D eigenvalue weighted by Crippen LogP contribution is -2.03. The summed E-state index contributed by atoms with van der Waals surface area (Å²) in [5.41, 5.74) is 0. The lowest BCUT2D eigenvalue weighted by Gasteiger charge is -2.19. The first-order valence-corrected chi connectivity index (χ1v) is 6.58. The van der Waals surface area contributed by atoms with Crippen molar-refractivity contribution >= 4 is 35.3 Å². The summed E-state index contributed by atoms with van der Waals surface area (Å²) in [6, 6.07) is 0. The lowest BCUT2D eigenvalue weighted by atomic mass is 10.4. The summed E-state index contributed by atoms with van der Waals surface area (Å²) in [7, 11) is 0. The van der Waals surface area contributed by atoms with E-state index in [4.69, 9.17) is 0 Å². The van der Waals surface area contributed by atoms with Gasteiger partial charge in [0.15, 0.2) is 0 Å². The predicted molar refractivity (Wildman–Crippen MR) is 51.1 cm³/mol. The van der Waals surface area contributed by atoms with Gasteiger partial charge in [0.2, 0.25) is 0 Å². The van der Waals surface area contributed by atoms with E-state index in [1.807, 2.05) is 35.3 Å². The molecule has 0 aromatic rings. The van der Waals surface area contributed by atoms with E-state index in [-0.39, 0.29) is 6.61 Å². The van der Waals surface area contributed by atoms with Crippen LogP contribution in [-0.4, -0.2) is 21.4 Å². The van der Waals surface area contributed by atoms with Gasteiger partial charge in [0, 0.05) is 10.2 Å². The van der Waals surface area contributed by atoms with Gasteiger partial charge >= 0.3 is 0 Å². The van der Waals surface area contributed by atoms with E-state index in [0.29, 0.717) is 0 Å². The van der Waals surface area contributed by atoms with Gasteiger partial charge in [0.05, 0.1) is 11.2 Å². The van der Waals surface area contributed by atoms with Crippen LogP contribution >= 0.6 is 35.3 Å². The first-order valence-electron chi connectivity index (χ1n) is 3.32. The predicted octanol–water partition coefficient (Wildman–Crippen LogP) is 2.65. The Labute approximate surface area is 74.7 Å². The fourth-order valence-electron chi connectivity index (χ4n) is 0.747. The van der Waals surface area contributed by atoms with Gasteiger partial charge in [-0.1, -0.05) is 0 Å². The van der Waals surface area contributed by atoms with Crippen LogP contribution in [0.4, 0.5) is 0 Å². The first-order chi connectivity index (χ1) is 4.93. The second kappa shape index (κ2) is 5.63. The SMILES string of the molecule is [O]CCCC1SCSCS1. The van der Waals surface area contributed by atoms with Crippen molar-refractivity contribution in [2.24, 2.45) is 0 Å². The van der Waals surface area contributed by atoms with Crippen molar-refractivity contribution in [2.75, 3.05) is 16.8 Å². The van der Waals surface area contributed by atoms with Crippen molar-refractivity contribution in [3.63, 3.8) is 0 Å². The average Bonchev–Trinajstić information content (AvgIpc) is 2.03. The summed E-state index contributed by atoms with van der Waals surface area (Å²) in [5, 5.41) is 12.6. The van der Waals surface area contributed by atoms with Crippen molar-refractivity contribution in [3.8, 4) is 0 Å². The molecule has 0 bridgehead atoms. The van der Waals surface area contributed by atoms with E-state index in [1.54, 1.807) is 0 Å². The van der Waals surface area contributed by atoms with Gasteiger partial charge in [-0.3, -0.25) is 0 Å². The molecule has 10 heavy (non-hydrogen) atoms. The maximum absolute atomic E-state index is 10.1. The van der Waals surface area contributed by atoms with Crippen LogP contribution in [0.2, 0.25) is 0 Å². The second-order valence-electron chi connectivity index (χ2n) is 2.05. The van der Waals surface area contributed by atoms with Gasteiger partial charge in [-0.05, 0) is 12.8 Å². The van der Waals surface area contributed by atoms with E-state index < -0.39 is 0 Å². The zero-order chi connectivity index (χ0) is 7.23. The van der Waals surface area contributed by atoms with Crippen LogP contribution in [0.3, 0.4) is 0 Å². The topological polar surface area (TPSA) is 19.9 Å². The van der Waals surface area contributed by atoms with Crippen molar-refractivity contribution in [1.29, 1.82) is 0 Å². The van der Waals surface area contributed by atoms with Crippen LogP contribution in [0.1, 0.15) is 12.8 Å². The minimum Gasteiger partial charge on any atom is -0.237 e. The summed E-state index contributed by atoms with van der Waals surface area (Å²) in [6.07, 6.45) is 1.97. The van der Waals surface area contributed by atoms with Crippen molar-refractivity contribution in [3.05, 3.63) is 0 Å². The number of rotatable bonds is 3. The molecular weight excluding hydrogens is 184 g/mol. The summed E-state index contributed by atoms with van der Waals surface area (Å²) < 4.78 is 0.718. The highest BCUT2D eigenvalue weighted by atomic mass is 32.3. The van der Waals surface area contributed by atoms with Gasteiger partial charge in [-0.2, -0.15) is 0 Å². The minimum absolute atomic E-state index is 0.102. The number of thioether (sulfide) groups is 3. The van der Waals surface area contributed by atoms with Crippen LogP contribution in [0.5, 0.6) is 0 Å². The molecule has 1 aliphatic rings. The molecule has 0 unspecified atom stereocenters. The molecule has 0 aliphatic carbocycles. The Balaban J connectivity index is 2.02. The Morgan fingerprint density at radius 2 is 2.00 bits per heavy atom. The van der Waals surface area contributed by atoms with Crippen molar-refractivity contribution in [2.45, 2.75) is 17.4 Å². The normalized spacial score (nSPS) is 21.3. The first kappa shape index (κ1) is 9.10. The fourth-order valence-corrected chi connectivity index (χ4v) is 5.67. The minimum atomic E-state index is 0.102. The van der Waals surface area contributed by atoms with Crippen LogP contribution in [0.25, 0.3) is 0 Å². The number of hydrogen-bond donors (Lipinski definition) is 0. The number of hydrogen-bond acceptors (Lipinski definition) is 3. The molecule has 1 heterocycles. The Morgan fingerprint density at radius 1 is 1.30 bits per heavy atom. The molecule has 0 atom stereocenters. The van der Waals surface area contributed by atoms with E-state index >= 15 is 0 Å². The van der Waals surface area contributed by atoms with Gasteiger partial charge in [-0.25, -0.2) is 5.11 Å². The molecule has 4 heteroatoms. The summed E-state index contributed by atoms with van der Waals surface area (Å²) in [5.74, 6) is 0. The molecule has 1 saturated heterocycles. The third kappa shape index (κ3) is 3.42. The van der Waals surface area contributed by atoms with Crippen LogP contribution in [0, 0.1) is 0 Å². The lowest BCUT2D eigenvalue weighted by molar-refractivity contribution is 0.188. The van der Waals surface area contributed by atoms with E-state index in [9.17, 15) is 5.11 Å². The molecule has 0 aromatic heterocycles. The third-order valence-corrected chi connectivity index (χ3v) is 5.71. The largest absolute Gasteiger partial charge is 0.237 e. The van der Waals surface area contributed by atoms with Gasteiger partial charge in [0.25, 0.3) is 0 Å². The molecule has 1 nitrogen and oxygen atoms in total. The summed E-state index contributed by atoms with van der Waals surface area (Å²) in [4.78, 5) is 0. The molecule has 0 spiro atoms. The molecule has 1 radical (unpaired) electrons. The molecule has 1 aliphatic heterocycles. The quantitative estimate of drug-likeness (QED) is 0.690. The van der Waals surface area contributed by atoms with E-state index in [1.165, 1.54) is 10.2 Å². The second-order valence-corrected chi connectivity index (χ2v) is 6.45. The highest BCUT2D eigenvalue weighted by Gasteiger charge is 2.13. The smallest absolute Gasteiger partial charge is 0.0823 e. The molecular formula is C6H11OS3. The van der Waals surface area contributed by atoms with E-state index in [0.717, 1.165) is 17.4 Å². The monoisotopic (exact) mass is 195 g/mol. The zero-order valence-electron chi connectivity index (χ0n) is 5.75. The Bertz CT molecular complexity index is 83.1. The summed E-state index contributed by atoms with van der Waals surface area (Å²) >= 11 is 5.96. The van der Waals surface area contributed by atoms with E-state index in [2.05, 4.69) is 0 Å². The van der Waals surface area contributed by atoms with Crippen LogP contribution in [0.15, 0.2) is 0 Å². The Kier molecular flexibility index (Phi) is 5.13. The molecule has 1 rings (SSSR count). The molecule has 0 amide bonds. The van der Waals surface area contributed by atoms with Gasteiger partial charge in [-0.15, -0.1) is 35.3 Å². The fraction of sp³-hybridized carbons (Fsp3) is 1.00. The molecule has 0 aromatic carbocycles. The van der Waals surface area contributed by atoms with Crippen molar-refractivity contribution < 1.29 is 5.11 Å². The van der Waals surface area contributed by atoms with Gasteiger partial charge < -0.3 is 0 Å². The maximum atomic E-state index is 10.1. The highest BCUT2D eigenvalue weighted by Crippen LogP contribution is 2.37.